The highest BCUT2D eigenvalue weighted by Crippen LogP contribution is 2.23. The molecule has 0 saturated heterocycles. The van der Waals surface area contributed by atoms with Crippen LogP contribution in [0.15, 0.2) is 78.9 Å². The molecule has 3 aromatic carbocycles. The summed E-state index contributed by atoms with van der Waals surface area (Å²) in [4.78, 5) is 27.6. The van der Waals surface area contributed by atoms with E-state index >= 15 is 0 Å². The molecule has 0 radical (unpaired) electrons. The lowest BCUT2D eigenvalue weighted by molar-refractivity contribution is 0.101. The second kappa shape index (κ2) is 10.5. The van der Waals surface area contributed by atoms with Crippen LogP contribution >= 0.6 is 0 Å². The molecule has 0 bridgehead atoms. The van der Waals surface area contributed by atoms with Crippen molar-refractivity contribution in [2.75, 3.05) is 17.2 Å². The van der Waals surface area contributed by atoms with E-state index in [4.69, 9.17) is 0 Å². The fourth-order valence-electron chi connectivity index (χ4n) is 3.34. The topological polar surface area (TPSA) is 61.4 Å². The fraction of sp³-hybridized carbons (Fsp3) is 0.231. The molecule has 31 heavy (non-hydrogen) atoms. The first-order valence-corrected chi connectivity index (χ1v) is 10.6. The van der Waals surface area contributed by atoms with E-state index in [-0.39, 0.29) is 11.8 Å². The second-order valence-electron chi connectivity index (χ2n) is 7.67. The van der Waals surface area contributed by atoms with Crippen LogP contribution in [-0.2, 0) is 6.54 Å². The molecule has 2 amide bonds. The highest BCUT2D eigenvalue weighted by Gasteiger charge is 2.13. The normalized spacial score (nSPS) is 10.9. The van der Waals surface area contributed by atoms with Gasteiger partial charge in [-0.3, -0.25) is 14.5 Å². The lowest BCUT2D eigenvalue weighted by atomic mass is 10.1. The van der Waals surface area contributed by atoms with Crippen molar-refractivity contribution in [1.82, 2.24) is 4.90 Å². The smallest absolute Gasteiger partial charge is 0.255 e. The van der Waals surface area contributed by atoms with Crippen LogP contribution in [0.4, 0.5) is 11.4 Å². The van der Waals surface area contributed by atoms with Gasteiger partial charge in [-0.1, -0.05) is 49.4 Å². The molecule has 0 atom stereocenters. The van der Waals surface area contributed by atoms with E-state index in [1.807, 2.05) is 54.6 Å². The standard InChI is InChI=1S/C26H29N3O2/c1-4-29(19(2)3)18-20-14-16-22(17-15-20)26(31)28-24-13-9-8-12-23(24)27-25(30)21-10-6-5-7-11-21/h5-17,19H,4,18H2,1-3H3,(H,27,30)(H,28,31). The molecule has 0 saturated carbocycles. The molecule has 160 valence electrons. The second-order valence-corrected chi connectivity index (χ2v) is 7.67. The molecular formula is C26H29N3O2. The lowest BCUT2D eigenvalue weighted by Crippen LogP contribution is -2.29. The molecule has 0 aliphatic heterocycles. The van der Waals surface area contributed by atoms with E-state index < -0.39 is 0 Å². The van der Waals surface area contributed by atoms with E-state index in [1.165, 1.54) is 5.56 Å². The van der Waals surface area contributed by atoms with Gasteiger partial charge in [0.1, 0.15) is 0 Å². The summed E-state index contributed by atoms with van der Waals surface area (Å²) in [5.41, 5.74) is 3.40. The van der Waals surface area contributed by atoms with Crippen molar-refractivity contribution in [2.45, 2.75) is 33.4 Å². The molecule has 3 aromatic rings. The van der Waals surface area contributed by atoms with Gasteiger partial charge in [0.25, 0.3) is 11.8 Å². The minimum absolute atomic E-state index is 0.218. The van der Waals surface area contributed by atoms with Crippen molar-refractivity contribution in [3.63, 3.8) is 0 Å². The quantitative estimate of drug-likeness (QED) is 0.516. The Morgan fingerprint density at radius 3 is 1.71 bits per heavy atom. The first-order valence-electron chi connectivity index (χ1n) is 10.6. The summed E-state index contributed by atoms with van der Waals surface area (Å²) in [7, 11) is 0. The van der Waals surface area contributed by atoms with Gasteiger partial charge in [-0.05, 0) is 62.4 Å². The van der Waals surface area contributed by atoms with E-state index in [0.29, 0.717) is 28.5 Å². The van der Waals surface area contributed by atoms with Gasteiger partial charge in [-0.15, -0.1) is 0 Å². The average Bonchev–Trinajstić information content (AvgIpc) is 2.79. The number of rotatable bonds is 8. The highest BCUT2D eigenvalue weighted by molar-refractivity contribution is 6.09. The summed E-state index contributed by atoms with van der Waals surface area (Å²) in [6, 6.07) is 24.3. The Kier molecular flexibility index (Phi) is 7.57. The summed E-state index contributed by atoms with van der Waals surface area (Å²) in [6.45, 7) is 8.34. The van der Waals surface area contributed by atoms with E-state index in [9.17, 15) is 9.59 Å². The predicted octanol–water partition coefficient (Wildman–Crippen LogP) is 5.42. The van der Waals surface area contributed by atoms with Crippen molar-refractivity contribution in [1.29, 1.82) is 0 Å². The zero-order valence-electron chi connectivity index (χ0n) is 18.3. The Bertz CT molecular complexity index is 1010. The SMILES string of the molecule is CCN(Cc1ccc(C(=O)Nc2ccccc2NC(=O)c2ccccc2)cc1)C(C)C. The number of benzene rings is 3. The number of carbonyl (C=O) groups is 2. The number of hydrogen-bond donors (Lipinski definition) is 2. The van der Waals surface area contributed by atoms with Gasteiger partial charge in [0.2, 0.25) is 0 Å². The molecule has 0 heterocycles. The van der Waals surface area contributed by atoms with Crippen LogP contribution in [0, 0.1) is 0 Å². The molecular weight excluding hydrogens is 386 g/mol. The van der Waals surface area contributed by atoms with E-state index in [1.54, 1.807) is 24.3 Å². The summed E-state index contributed by atoms with van der Waals surface area (Å²) in [5.74, 6) is -0.443. The fourth-order valence-corrected chi connectivity index (χ4v) is 3.34. The lowest BCUT2D eigenvalue weighted by Gasteiger charge is -2.24. The Morgan fingerprint density at radius 2 is 1.23 bits per heavy atom. The van der Waals surface area contributed by atoms with E-state index in [2.05, 4.69) is 36.3 Å². The minimum atomic E-state index is -0.225. The Labute approximate surface area is 184 Å². The zero-order chi connectivity index (χ0) is 22.2. The first-order chi connectivity index (χ1) is 15.0. The Balaban J connectivity index is 1.69. The Hall–Kier alpha value is -3.44. The Morgan fingerprint density at radius 1 is 0.742 bits per heavy atom. The van der Waals surface area contributed by atoms with Crippen LogP contribution in [0.1, 0.15) is 47.1 Å². The molecule has 0 fully saturated rings. The number of nitrogens with zero attached hydrogens (tertiary/aromatic N) is 1. The highest BCUT2D eigenvalue weighted by atomic mass is 16.2. The van der Waals surface area contributed by atoms with Gasteiger partial charge in [0, 0.05) is 23.7 Å². The van der Waals surface area contributed by atoms with Gasteiger partial charge >= 0.3 is 0 Å². The van der Waals surface area contributed by atoms with Crippen LogP contribution in [0.25, 0.3) is 0 Å². The number of anilines is 2. The van der Waals surface area contributed by atoms with Crippen LogP contribution < -0.4 is 10.6 Å². The molecule has 5 nitrogen and oxygen atoms in total. The summed E-state index contributed by atoms with van der Waals surface area (Å²) in [6.07, 6.45) is 0. The molecule has 0 aromatic heterocycles. The maximum atomic E-state index is 12.8. The molecule has 0 unspecified atom stereocenters. The van der Waals surface area contributed by atoms with Crippen LogP contribution in [0.3, 0.4) is 0 Å². The van der Waals surface area contributed by atoms with Gasteiger partial charge < -0.3 is 10.6 Å². The summed E-state index contributed by atoms with van der Waals surface area (Å²) < 4.78 is 0. The predicted molar refractivity (Wildman–Crippen MR) is 126 cm³/mol. The average molecular weight is 416 g/mol. The monoisotopic (exact) mass is 415 g/mol. The van der Waals surface area contributed by atoms with Crippen molar-refractivity contribution >= 4 is 23.2 Å². The van der Waals surface area contributed by atoms with Gasteiger partial charge in [0.05, 0.1) is 11.4 Å². The van der Waals surface area contributed by atoms with Crippen molar-refractivity contribution in [3.8, 4) is 0 Å². The number of carbonyl (C=O) groups excluding carboxylic acids is 2. The van der Waals surface area contributed by atoms with Gasteiger partial charge in [0.15, 0.2) is 0 Å². The first kappa shape index (κ1) is 22.2. The number of para-hydroxylation sites is 2. The maximum Gasteiger partial charge on any atom is 0.255 e. The van der Waals surface area contributed by atoms with Crippen molar-refractivity contribution in [2.24, 2.45) is 0 Å². The molecule has 2 N–H and O–H groups in total. The van der Waals surface area contributed by atoms with Gasteiger partial charge in [-0.2, -0.15) is 0 Å². The van der Waals surface area contributed by atoms with E-state index in [0.717, 1.165) is 13.1 Å². The van der Waals surface area contributed by atoms with Crippen molar-refractivity contribution in [3.05, 3.63) is 95.6 Å². The third kappa shape index (κ3) is 6.03. The molecule has 5 heteroatoms. The third-order valence-electron chi connectivity index (χ3n) is 5.20. The van der Waals surface area contributed by atoms with Crippen LogP contribution in [0.5, 0.6) is 0 Å². The molecule has 0 aliphatic rings. The third-order valence-corrected chi connectivity index (χ3v) is 5.20. The maximum absolute atomic E-state index is 12.8. The minimum Gasteiger partial charge on any atom is -0.320 e. The van der Waals surface area contributed by atoms with Gasteiger partial charge in [-0.25, -0.2) is 0 Å². The summed E-state index contributed by atoms with van der Waals surface area (Å²) in [5, 5.41) is 5.78. The van der Waals surface area contributed by atoms with Crippen molar-refractivity contribution < 1.29 is 9.59 Å². The molecule has 0 aliphatic carbocycles. The van der Waals surface area contributed by atoms with Crippen LogP contribution in [0.2, 0.25) is 0 Å². The summed E-state index contributed by atoms with van der Waals surface area (Å²) >= 11 is 0. The largest absolute Gasteiger partial charge is 0.320 e. The van der Waals surface area contributed by atoms with Crippen LogP contribution in [-0.4, -0.2) is 29.3 Å². The molecule has 0 spiro atoms. The number of amides is 2. The number of hydrogen-bond acceptors (Lipinski definition) is 3. The number of nitrogens with one attached hydrogen (secondary N) is 2. The zero-order valence-corrected chi connectivity index (χ0v) is 18.3. The molecule has 3 rings (SSSR count).